The van der Waals surface area contributed by atoms with Gasteiger partial charge in [0.2, 0.25) is 5.65 Å². The Morgan fingerprint density at radius 2 is 1.95 bits per heavy atom. The third-order valence-corrected chi connectivity index (χ3v) is 2.84. The zero-order valence-corrected chi connectivity index (χ0v) is 12.1. The number of fused-ring (bicyclic) bond motifs is 1. The van der Waals surface area contributed by atoms with E-state index in [1.54, 1.807) is 12.1 Å². The molecule has 0 spiro atoms. The molecule has 0 aliphatic rings. The van der Waals surface area contributed by atoms with E-state index in [1.807, 2.05) is 32.0 Å². The molecule has 112 valence electrons. The Morgan fingerprint density at radius 1 is 1.18 bits per heavy atom. The number of rotatable bonds is 3. The molecule has 0 fully saturated rings. The van der Waals surface area contributed by atoms with Gasteiger partial charge >= 0.3 is 6.09 Å². The maximum Gasteiger partial charge on any atom is 0.418 e. The first kappa shape index (κ1) is 13.9. The predicted octanol–water partition coefficient (Wildman–Crippen LogP) is 2.41. The largest absolute Gasteiger partial charge is 0.418 e. The van der Waals surface area contributed by atoms with Crippen LogP contribution in [-0.4, -0.2) is 31.1 Å². The number of aromatic nitrogens is 5. The number of hydrogen-bond acceptors (Lipinski definition) is 6. The highest BCUT2D eigenvalue weighted by atomic mass is 16.6. The Hall–Kier alpha value is -3.03. The van der Waals surface area contributed by atoms with Crippen LogP contribution in [0.2, 0.25) is 0 Å². The SMILES string of the molecule is CC(C)n1nc2ncnc(OC(=O)Nc3ccccc3)c2n1. The number of amides is 1. The van der Waals surface area contributed by atoms with E-state index < -0.39 is 6.09 Å². The van der Waals surface area contributed by atoms with Crippen LogP contribution in [0, 0.1) is 0 Å². The topological polar surface area (TPSA) is 94.8 Å². The number of benzene rings is 1. The minimum absolute atomic E-state index is 0.0696. The number of hydrogen-bond donors (Lipinski definition) is 1. The minimum Gasteiger partial charge on any atom is -0.388 e. The van der Waals surface area contributed by atoms with Crippen LogP contribution in [0.3, 0.4) is 0 Å². The lowest BCUT2D eigenvalue weighted by Gasteiger charge is -2.05. The molecular formula is C14H14N6O2. The molecule has 0 bridgehead atoms. The fraction of sp³-hybridized carbons (Fsp3) is 0.214. The van der Waals surface area contributed by atoms with Gasteiger partial charge in [0.05, 0.1) is 6.04 Å². The lowest BCUT2D eigenvalue weighted by molar-refractivity contribution is 0.214. The first-order chi connectivity index (χ1) is 10.6. The van der Waals surface area contributed by atoms with Gasteiger partial charge < -0.3 is 4.74 Å². The fourth-order valence-electron chi connectivity index (χ4n) is 1.79. The van der Waals surface area contributed by atoms with Crippen molar-refractivity contribution in [2.24, 2.45) is 0 Å². The van der Waals surface area contributed by atoms with E-state index in [0.29, 0.717) is 16.9 Å². The summed E-state index contributed by atoms with van der Waals surface area (Å²) in [4.78, 5) is 21.4. The van der Waals surface area contributed by atoms with Gasteiger partial charge in [-0.1, -0.05) is 18.2 Å². The molecular weight excluding hydrogens is 284 g/mol. The molecule has 1 N–H and O–H groups in total. The van der Waals surface area contributed by atoms with Crippen molar-refractivity contribution in [3.63, 3.8) is 0 Å². The summed E-state index contributed by atoms with van der Waals surface area (Å²) in [7, 11) is 0. The Morgan fingerprint density at radius 3 is 2.68 bits per heavy atom. The summed E-state index contributed by atoms with van der Waals surface area (Å²) in [6.07, 6.45) is 0.637. The number of anilines is 1. The van der Waals surface area contributed by atoms with E-state index >= 15 is 0 Å². The van der Waals surface area contributed by atoms with Gasteiger partial charge in [0, 0.05) is 5.69 Å². The normalized spacial score (nSPS) is 10.9. The van der Waals surface area contributed by atoms with Gasteiger partial charge in [-0.05, 0) is 26.0 Å². The van der Waals surface area contributed by atoms with Gasteiger partial charge in [0.15, 0.2) is 5.52 Å². The number of nitrogens with one attached hydrogen (secondary N) is 1. The predicted molar refractivity (Wildman–Crippen MR) is 79.6 cm³/mol. The van der Waals surface area contributed by atoms with Gasteiger partial charge in [-0.15, -0.1) is 10.2 Å². The number of carbonyl (C=O) groups excluding carboxylic acids is 1. The van der Waals surface area contributed by atoms with E-state index in [0.717, 1.165) is 0 Å². The number of nitrogens with zero attached hydrogens (tertiary/aromatic N) is 5. The van der Waals surface area contributed by atoms with Crippen LogP contribution < -0.4 is 10.1 Å². The second kappa shape index (κ2) is 5.76. The molecule has 0 saturated heterocycles. The van der Waals surface area contributed by atoms with E-state index in [-0.39, 0.29) is 11.9 Å². The van der Waals surface area contributed by atoms with Crippen molar-refractivity contribution in [2.75, 3.05) is 5.32 Å². The lowest BCUT2D eigenvalue weighted by Crippen LogP contribution is -2.17. The van der Waals surface area contributed by atoms with Crippen LogP contribution >= 0.6 is 0 Å². The molecule has 2 heterocycles. The summed E-state index contributed by atoms with van der Waals surface area (Å²) in [6, 6.07) is 9.06. The minimum atomic E-state index is -0.648. The molecule has 3 rings (SSSR count). The third kappa shape index (κ3) is 2.85. The third-order valence-electron chi connectivity index (χ3n) is 2.84. The average molecular weight is 298 g/mol. The lowest BCUT2D eigenvalue weighted by atomic mass is 10.3. The zero-order chi connectivity index (χ0) is 15.5. The van der Waals surface area contributed by atoms with E-state index in [4.69, 9.17) is 4.74 Å². The molecule has 0 atom stereocenters. The Kier molecular flexibility index (Phi) is 3.65. The van der Waals surface area contributed by atoms with Gasteiger partial charge in [-0.25, -0.2) is 9.78 Å². The monoisotopic (exact) mass is 298 g/mol. The molecule has 8 nitrogen and oxygen atoms in total. The molecule has 0 radical (unpaired) electrons. The molecule has 0 aliphatic carbocycles. The summed E-state index contributed by atoms with van der Waals surface area (Å²) < 4.78 is 5.21. The summed E-state index contributed by atoms with van der Waals surface area (Å²) in [6.45, 7) is 3.88. The van der Waals surface area contributed by atoms with E-state index in [1.165, 1.54) is 11.1 Å². The van der Waals surface area contributed by atoms with Crippen LogP contribution in [0.5, 0.6) is 5.88 Å². The Bertz CT molecular complexity index is 799. The Labute approximate surface area is 126 Å². The highest BCUT2D eigenvalue weighted by Crippen LogP contribution is 2.19. The van der Waals surface area contributed by atoms with Crippen molar-refractivity contribution in [3.05, 3.63) is 36.7 Å². The van der Waals surface area contributed by atoms with Crippen molar-refractivity contribution in [1.29, 1.82) is 0 Å². The Balaban J connectivity index is 1.82. The molecule has 3 aromatic rings. The van der Waals surface area contributed by atoms with Crippen molar-refractivity contribution < 1.29 is 9.53 Å². The molecule has 8 heteroatoms. The average Bonchev–Trinajstić information content (AvgIpc) is 2.93. The van der Waals surface area contributed by atoms with Crippen LogP contribution in [0.1, 0.15) is 19.9 Å². The summed E-state index contributed by atoms with van der Waals surface area (Å²) in [5, 5.41) is 11.1. The maximum absolute atomic E-state index is 11.9. The second-order valence-corrected chi connectivity index (χ2v) is 4.85. The van der Waals surface area contributed by atoms with Gasteiger partial charge in [-0.3, -0.25) is 5.32 Å². The quantitative estimate of drug-likeness (QED) is 0.798. The van der Waals surface area contributed by atoms with Crippen LogP contribution in [-0.2, 0) is 0 Å². The van der Waals surface area contributed by atoms with Gasteiger partial charge in [0.25, 0.3) is 5.88 Å². The first-order valence-electron chi connectivity index (χ1n) is 6.75. The van der Waals surface area contributed by atoms with Crippen molar-refractivity contribution in [2.45, 2.75) is 19.9 Å². The molecule has 0 saturated carbocycles. The van der Waals surface area contributed by atoms with Crippen molar-refractivity contribution >= 4 is 22.9 Å². The molecule has 1 aromatic carbocycles. The molecule has 0 aliphatic heterocycles. The van der Waals surface area contributed by atoms with Gasteiger partial charge in [-0.2, -0.15) is 9.78 Å². The van der Waals surface area contributed by atoms with E-state index in [9.17, 15) is 4.79 Å². The van der Waals surface area contributed by atoms with Gasteiger partial charge in [0.1, 0.15) is 6.33 Å². The summed E-state index contributed by atoms with van der Waals surface area (Å²) >= 11 is 0. The standard InChI is InChI=1S/C14H14N6O2/c1-9(2)20-18-11-12(19-20)15-8-16-13(11)22-14(21)17-10-6-4-3-5-7-10/h3-9H,1-2H3,(H,17,21). The number of ether oxygens (including phenoxy) is 1. The molecule has 0 unspecified atom stereocenters. The van der Waals surface area contributed by atoms with Crippen LogP contribution in [0.4, 0.5) is 10.5 Å². The molecule has 2 aromatic heterocycles. The van der Waals surface area contributed by atoms with Crippen molar-refractivity contribution in [3.8, 4) is 5.88 Å². The van der Waals surface area contributed by atoms with Crippen molar-refractivity contribution in [1.82, 2.24) is 25.0 Å². The maximum atomic E-state index is 11.9. The van der Waals surface area contributed by atoms with E-state index in [2.05, 4.69) is 25.5 Å². The summed E-state index contributed by atoms with van der Waals surface area (Å²) in [5.74, 6) is 0.0744. The zero-order valence-electron chi connectivity index (χ0n) is 12.1. The highest BCUT2D eigenvalue weighted by Gasteiger charge is 2.16. The number of carbonyl (C=O) groups is 1. The molecule has 22 heavy (non-hydrogen) atoms. The first-order valence-corrected chi connectivity index (χ1v) is 6.75. The smallest absolute Gasteiger partial charge is 0.388 e. The second-order valence-electron chi connectivity index (χ2n) is 4.85. The van der Waals surface area contributed by atoms with Crippen LogP contribution in [0.25, 0.3) is 11.2 Å². The summed E-state index contributed by atoms with van der Waals surface area (Å²) in [5.41, 5.74) is 1.36. The number of para-hydroxylation sites is 1. The van der Waals surface area contributed by atoms with Crippen LogP contribution in [0.15, 0.2) is 36.7 Å². The highest BCUT2D eigenvalue weighted by molar-refractivity contribution is 5.88. The molecule has 1 amide bonds. The fourth-order valence-corrected chi connectivity index (χ4v) is 1.79.